The molecule has 1 amide bonds. The second-order valence-electron chi connectivity index (χ2n) is 5.70. The smallest absolute Gasteiger partial charge is 0.265 e. The largest absolute Gasteiger partial charge is 0.474 e. The lowest BCUT2D eigenvalue weighted by atomic mass is 10.1. The standard InChI is InChI=1S/C16H20N4O2S/c1-10-15(23-12(3)18-10)16(21)20-8-5-13(6-9-20)22-14-4-7-17-11(2)19-14/h4,7,13H,5-6,8-9H2,1-3H3. The number of hydrogen-bond acceptors (Lipinski definition) is 6. The number of rotatable bonds is 3. The molecule has 23 heavy (non-hydrogen) atoms. The van der Waals surface area contributed by atoms with E-state index in [0.29, 0.717) is 24.8 Å². The summed E-state index contributed by atoms with van der Waals surface area (Å²) in [5.74, 6) is 1.40. The highest BCUT2D eigenvalue weighted by molar-refractivity contribution is 7.13. The van der Waals surface area contributed by atoms with Gasteiger partial charge in [-0.3, -0.25) is 4.79 Å². The topological polar surface area (TPSA) is 68.2 Å². The summed E-state index contributed by atoms with van der Waals surface area (Å²) in [7, 11) is 0. The van der Waals surface area contributed by atoms with Crippen LogP contribution < -0.4 is 4.74 Å². The van der Waals surface area contributed by atoms with Crippen molar-refractivity contribution >= 4 is 17.2 Å². The van der Waals surface area contributed by atoms with Gasteiger partial charge in [-0.05, 0) is 20.8 Å². The number of aryl methyl sites for hydroxylation is 3. The molecular formula is C16H20N4O2S. The van der Waals surface area contributed by atoms with Crippen LogP contribution in [0.4, 0.5) is 0 Å². The van der Waals surface area contributed by atoms with Gasteiger partial charge in [0.1, 0.15) is 16.8 Å². The number of nitrogens with zero attached hydrogens (tertiary/aromatic N) is 4. The number of carbonyl (C=O) groups excluding carboxylic acids is 1. The monoisotopic (exact) mass is 332 g/mol. The lowest BCUT2D eigenvalue weighted by Crippen LogP contribution is -2.41. The summed E-state index contributed by atoms with van der Waals surface area (Å²) in [4.78, 5) is 27.9. The van der Waals surface area contributed by atoms with Gasteiger partial charge in [-0.15, -0.1) is 11.3 Å². The van der Waals surface area contributed by atoms with Crippen LogP contribution in [-0.4, -0.2) is 45.0 Å². The van der Waals surface area contributed by atoms with Crippen LogP contribution in [0.5, 0.6) is 5.88 Å². The molecule has 0 aromatic carbocycles. The molecule has 6 nitrogen and oxygen atoms in total. The van der Waals surface area contributed by atoms with Crippen molar-refractivity contribution in [3.63, 3.8) is 0 Å². The second-order valence-corrected chi connectivity index (χ2v) is 6.90. The van der Waals surface area contributed by atoms with Crippen molar-refractivity contribution in [3.8, 4) is 5.88 Å². The van der Waals surface area contributed by atoms with Crippen molar-refractivity contribution in [3.05, 3.63) is 33.7 Å². The highest BCUT2D eigenvalue weighted by Crippen LogP contribution is 2.23. The fourth-order valence-electron chi connectivity index (χ4n) is 2.72. The fraction of sp³-hybridized carbons (Fsp3) is 0.500. The van der Waals surface area contributed by atoms with Crippen molar-refractivity contribution in [1.29, 1.82) is 0 Å². The van der Waals surface area contributed by atoms with Gasteiger partial charge >= 0.3 is 0 Å². The zero-order chi connectivity index (χ0) is 16.4. The molecule has 0 aliphatic carbocycles. The van der Waals surface area contributed by atoms with Gasteiger partial charge in [0.05, 0.1) is 10.7 Å². The molecule has 1 aliphatic rings. The van der Waals surface area contributed by atoms with Gasteiger partial charge in [-0.1, -0.05) is 0 Å². The third kappa shape index (κ3) is 3.67. The van der Waals surface area contributed by atoms with E-state index < -0.39 is 0 Å². The summed E-state index contributed by atoms with van der Waals surface area (Å²) >= 11 is 1.47. The van der Waals surface area contributed by atoms with Gasteiger partial charge in [0.2, 0.25) is 5.88 Å². The van der Waals surface area contributed by atoms with Crippen molar-refractivity contribution in [2.24, 2.45) is 0 Å². The van der Waals surface area contributed by atoms with Gasteiger partial charge in [-0.25, -0.2) is 9.97 Å². The molecule has 3 rings (SSSR count). The van der Waals surface area contributed by atoms with Crippen LogP contribution in [0.3, 0.4) is 0 Å². The Morgan fingerprint density at radius 2 is 2.00 bits per heavy atom. The van der Waals surface area contributed by atoms with E-state index in [1.807, 2.05) is 25.7 Å². The lowest BCUT2D eigenvalue weighted by molar-refractivity contribution is 0.0591. The van der Waals surface area contributed by atoms with Gasteiger partial charge in [0.15, 0.2) is 0 Å². The van der Waals surface area contributed by atoms with Gasteiger partial charge < -0.3 is 9.64 Å². The molecule has 1 aliphatic heterocycles. The van der Waals surface area contributed by atoms with Gasteiger partial charge in [0, 0.05) is 38.2 Å². The summed E-state index contributed by atoms with van der Waals surface area (Å²) in [6.07, 6.45) is 3.42. The Kier molecular flexibility index (Phi) is 4.56. The predicted molar refractivity (Wildman–Crippen MR) is 87.9 cm³/mol. The maximum Gasteiger partial charge on any atom is 0.265 e. The highest BCUT2D eigenvalue weighted by Gasteiger charge is 2.27. The van der Waals surface area contributed by atoms with E-state index >= 15 is 0 Å². The average molecular weight is 332 g/mol. The van der Waals surface area contributed by atoms with E-state index in [1.165, 1.54) is 11.3 Å². The van der Waals surface area contributed by atoms with Crippen molar-refractivity contribution < 1.29 is 9.53 Å². The minimum absolute atomic E-state index is 0.0874. The van der Waals surface area contributed by atoms with E-state index in [4.69, 9.17) is 4.74 Å². The molecule has 2 aromatic rings. The number of ether oxygens (including phenoxy) is 1. The Morgan fingerprint density at radius 1 is 1.26 bits per heavy atom. The Balaban J connectivity index is 1.58. The molecule has 0 radical (unpaired) electrons. The third-order valence-corrected chi connectivity index (χ3v) is 4.93. The molecule has 2 aromatic heterocycles. The zero-order valence-electron chi connectivity index (χ0n) is 13.6. The van der Waals surface area contributed by atoms with E-state index in [-0.39, 0.29) is 12.0 Å². The quantitative estimate of drug-likeness (QED) is 0.864. The molecule has 0 spiro atoms. The predicted octanol–water partition coefficient (Wildman–Crippen LogP) is 2.54. The minimum Gasteiger partial charge on any atom is -0.474 e. The average Bonchev–Trinajstić information content (AvgIpc) is 2.86. The maximum atomic E-state index is 12.6. The van der Waals surface area contributed by atoms with Crippen LogP contribution in [0, 0.1) is 20.8 Å². The first-order valence-corrected chi connectivity index (χ1v) is 8.54. The Morgan fingerprint density at radius 3 is 2.61 bits per heavy atom. The first-order valence-electron chi connectivity index (χ1n) is 7.72. The van der Waals surface area contributed by atoms with Crippen LogP contribution in [0.25, 0.3) is 0 Å². The van der Waals surface area contributed by atoms with E-state index in [1.54, 1.807) is 12.3 Å². The van der Waals surface area contributed by atoms with Gasteiger partial charge in [-0.2, -0.15) is 4.98 Å². The summed E-state index contributed by atoms with van der Waals surface area (Å²) in [5.41, 5.74) is 0.826. The molecule has 1 saturated heterocycles. The van der Waals surface area contributed by atoms with Crippen molar-refractivity contribution in [2.75, 3.05) is 13.1 Å². The molecule has 7 heteroatoms. The van der Waals surface area contributed by atoms with E-state index in [9.17, 15) is 4.79 Å². The van der Waals surface area contributed by atoms with Crippen LogP contribution in [0.2, 0.25) is 0 Å². The van der Waals surface area contributed by atoms with Crippen LogP contribution in [0.1, 0.15) is 39.0 Å². The summed E-state index contributed by atoms with van der Waals surface area (Å²) in [6.45, 7) is 7.06. The number of carbonyl (C=O) groups is 1. The molecule has 0 unspecified atom stereocenters. The highest BCUT2D eigenvalue weighted by atomic mass is 32.1. The van der Waals surface area contributed by atoms with Gasteiger partial charge in [0.25, 0.3) is 5.91 Å². The molecule has 122 valence electrons. The molecule has 0 atom stereocenters. The second kappa shape index (κ2) is 6.62. The Labute approximate surface area is 139 Å². The number of likely N-dealkylation sites (tertiary alicyclic amines) is 1. The third-order valence-electron chi connectivity index (χ3n) is 3.86. The minimum atomic E-state index is 0.0874. The number of thiazole rings is 1. The summed E-state index contributed by atoms with van der Waals surface area (Å²) < 4.78 is 5.90. The molecule has 0 N–H and O–H groups in total. The van der Waals surface area contributed by atoms with Crippen LogP contribution in [-0.2, 0) is 0 Å². The van der Waals surface area contributed by atoms with Crippen molar-refractivity contribution in [2.45, 2.75) is 39.7 Å². The summed E-state index contributed by atoms with van der Waals surface area (Å²) in [6, 6.07) is 1.77. The molecule has 1 fully saturated rings. The molecule has 0 saturated carbocycles. The lowest BCUT2D eigenvalue weighted by Gasteiger charge is -2.31. The van der Waals surface area contributed by atoms with Crippen LogP contribution in [0.15, 0.2) is 12.3 Å². The van der Waals surface area contributed by atoms with Crippen molar-refractivity contribution in [1.82, 2.24) is 19.9 Å². The van der Waals surface area contributed by atoms with Crippen LogP contribution >= 0.6 is 11.3 Å². The SMILES string of the molecule is Cc1nccc(OC2CCN(C(=O)c3sc(C)nc3C)CC2)n1. The first kappa shape index (κ1) is 15.9. The molecular weight excluding hydrogens is 312 g/mol. The summed E-state index contributed by atoms with van der Waals surface area (Å²) in [5, 5.41) is 0.934. The Hall–Kier alpha value is -2.02. The molecule has 3 heterocycles. The number of piperidine rings is 1. The molecule has 0 bridgehead atoms. The first-order chi connectivity index (χ1) is 11.0. The number of hydrogen-bond donors (Lipinski definition) is 0. The number of aromatic nitrogens is 3. The fourth-order valence-corrected chi connectivity index (χ4v) is 3.61. The zero-order valence-corrected chi connectivity index (χ0v) is 14.4. The van der Waals surface area contributed by atoms with E-state index in [0.717, 1.165) is 28.4 Å². The normalized spacial score (nSPS) is 15.7. The number of amides is 1. The van der Waals surface area contributed by atoms with E-state index in [2.05, 4.69) is 15.0 Å². The maximum absolute atomic E-state index is 12.6. The Bertz CT molecular complexity index is 708.